The van der Waals surface area contributed by atoms with Crippen molar-refractivity contribution in [3.05, 3.63) is 23.8 Å². The number of carbonyl (C=O) groups excluding carboxylic acids is 1. The quantitative estimate of drug-likeness (QED) is 0.837. The second-order valence-electron chi connectivity index (χ2n) is 3.94. The van der Waals surface area contributed by atoms with Crippen LogP contribution in [0.25, 0.3) is 0 Å². The van der Waals surface area contributed by atoms with Gasteiger partial charge < -0.3 is 5.32 Å². The highest BCUT2D eigenvalue weighted by Crippen LogP contribution is 2.25. The molecule has 6 heteroatoms. The van der Waals surface area contributed by atoms with Gasteiger partial charge in [-0.1, -0.05) is 6.92 Å². The van der Waals surface area contributed by atoms with Crippen molar-refractivity contribution in [3.63, 3.8) is 0 Å². The van der Waals surface area contributed by atoms with E-state index in [9.17, 15) is 13.2 Å². The van der Waals surface area contributed by atoms with Crippen molar-refractivity contribution in [2.24, 2.45) is 0 Å². The third kappa shape index (κ3) is 2.48. The maximum Gasteiger partial charge on any atom is 0.240 e. The van der Waals surface area contributed by atoms with Gasteiger partial charge in [-0.15, -0.1) is 0 Å². The Morgan fingerprint density at radius 1 is 1.41 bits per heavy atom. The van der Waals surface area contributed by atoms with Crippen molar-refractivity contribution in [3.8, 4) is 0 Å². The molecule has 1 aliphatic rings. The Kier molecular flexibility index (Phi) is 3.17. The smallest absolute Gasteiger partial charge is 0.240 e. The minimum atomic E-state index is -3.45. The van der Waals surface area contributed by atoms with Gasteiger partial charge in [0.2, 0.25) is 15.9 Å². The fourth-order valence-corrected chi connectivity index (χ4v) is 2.88. The highest BCUT2D eigenvalue weighted by molar-refractivity contribution is 7.89. The topological polar surface area (TPSA) is 75.3 Å². The number of carbonyl (C=O) groups is 1. The van der Waals surface area contributed by atoms with Crippen LogP contribution in [-0.2, 0) is 21.2 Å². The van der Waals surface area contributed by atoms with Gasteiger partial charge in [0.15, 0.2) is 0 Å². The van der Waals surface area contributed by atoms with Crippen molar-refractivity contribution in [2.75, 3.05) is 11.9 Å². The van der Waals surface area contributed by atoms with Crippen LogP contribution in [0, 0.1) is 0 Å². The van der Waals surface area contributed by atoms with Crippen molar-refractivity contribution < 1.29 is 13.2 Å². The molecule has 0 unspecified atom stereocenters. The molecule has 1 aromatic carbocycles. The number of sulfonamides is 1. The molecule has 0 saturated carbocycles. The van der Waals surface area contributed by atoms with E-state index in [4.69, 9.17) is 0 Å². The Bertz CT molecular complexity index is 552. The molecular weight excluding hydrogens is 240 g/mol. The third-order valence-corrected chi connectivity index (χ3v) is 4.01. The molecule has 1 aromatic rings. The van der Waals surface area contributed by atoms with Gasteiger partial charge in [0.1, 0.15) is 0 Å². The van der Waals surface area contributed by atoms with E-state index in [1.807, 2.05) is 6.92 Å². The molecule has 0 fully saturated rings. The van der Waals surface area contributed by atoms with Crippen LogP contribution in [0.4, 0.5) is 5.69 Å². The zero-order valence-corrected chi connectivity index (χ0v) is 10.3. The fraction of sp³-hybridized carbons (Fsp3) is 0.364. The summed E-state index contributed by atoms with van der Waals surface area (Å²) in [6.45, 7) is 2.31. The Morgan fingerprint density at radius 2 is 2.18 bits per heavy atom. The number of amides is 1. The van der Waals surface area contributed by atoms with Gasteiger partial charge in [-0.25, -0.2) is 13.1 Å². The third-order valence-electron chi connectivity index (χ3n) is 2.55. The van der Waals surface area contributed by atoms with Gasteiger partial charge in [-0.05, 0) is 30.2 Å². The number of anilines is 1. The number of hydrogen-bond donors (Lipinski definition) is 2. The summed E-state index contributed by atoms with van der Waals surface area (Å²) >= 11 is 0. The van der Waals surface area contributed by atoms with Gasteiger partial charge in [0, 0.05) is 12.2 Å². The van der Waals surface area contributed by atoms with E-state index in [-0.39, 0.29) is 17.2 Å². The molecule has 92 valence electrons. The van der Waals surface area contributed by atoms with E-state index < -0.39 is 10.0 Å². The largest absolute Gasteiger partial charge is 0.326 e. The molecule has 2 N–H and O–H groups in total. The molecule has 0 atom stereocenters. The van der Waals surface area contributed by atoms with Crippen LogP contribution in [0.5, 0.6) is 0 Å². The number of hydrogen-bond acceptors (Lipinski definition) is 3. The zero-order valence-electron chi connectivity index (χ0n) is 9.49. The lowest BCUT2D eigenvalue weighted by molar-refractivity contribution is -0.115. The average Bonchev–Trinajstić information content (AvgIpc) is 2.65. The molecule has 17 heavy (non-hydrogen) atoms. The molecule has 0 aliphatic carbocycles. The number of fused-ring (bicyclic) bond motifs is 1. The van der Waals surface area contributed by atoms with Crippen LogP contribution in [0.2, 0.25) is 0 Å². The second kappa shape index (κ2) is 4.46. The molecule has 0 spiro atoms. The molecule has 1 heterocycles. The normalized spacial score (nSPS) is 14.5. The Balaban J connectivity index is 2.30. The summed E-state index contributed by atoms with van der Waals surface area (Å²) in [7, 11) is -3.45. The summed E-state index contributed by atoms with van der Waals surface area (Å²) in [4.78, 5) is 11.4. The number of benzene rings is 1. The van der Waals surface area contributed by atoms with E-state index in [0.717, 1.165) is 12.0 Å². The zero-order chi connectivity index (χ0) is 12.5. The number of rotatable bonds is 4. The van der Waals surface area contributed by atoms with Crippen molar-refractivity contribution in [2.45, 2.75) is 24.7 Å². The van der Waals surface area contributed by atoms with Gasteiger partial charge in [-0.3, -0.25) is 4.79 Å². The average molecular weight is 254 g/mol. The maximum atomic E-state index is 11.9. The lowest BCUT2D eigenvalue weighted by Crippen LogP contribution is -2.24. The Morgan fingerprint density at radius 3 is 2.88 bits per heavy atom. The minimum absolute atomic E-state index is 0.101. The van der Waals surface area contributed by atoms with Crippen molar-refractivity contribution in [1.29, 1.82) is 0 Å². The van der Waals surface area contributed by atoms with Gasteiger partial charge in [0.05, 0.1) is 11.3 Å². The molecule has 2 rings (SSSR count). The van der Waals surface area contributed by atoms with Gasteiger partial charge >= 0.3 is 0 Å². The summed E-state index contributed by atoms with van der Waals surface area (Å²) in [6, 6.07) is 4.67. The standard InChI is InChI=1S/C11H14N2O3S/c1-2-5-12-17(15,16)9-3-4-10-8(6-9)7-11(14)13-10/h3-4,6,12H,2,5,7H2,1H3,(H,13,14). The molecule has 0 bridgehead atoms. The first kappa shape index (κ1) is 12.1. The van der Waals surface area contributed by atoms with E-state index >= 15 is 0 Å². The SMILES string of the molecule is CCCNS(=O)(=O)c1ccc2c(c1)CC(=O)N2. The predicted molar refractivity (Wildman–Crippen MR) is 64.3 cm³/mol. The first-order valence-corrected chi connectivity index (χ1v) is 6.93. The van der Waals surface area contributed by atoms with Crippen LogP contribution in [0.1, 0.15) is 18.9 Å². The van der Waals surface area contributed by atoms with E-state index in [2.05, 4.69) is 10.0 Å². The molecule has 5 nitrogen and oxygen atoms in total. The van der Waals surface area contributed by atoms with E-state index in [1.165, 1.54) is 6.07 Å². The van der Waals surface area contributed by atoms with E-state index in [1.54, 1.807) is 12.1 Å². The predicted octanol–water partition coefficient (Wildman–Crippen LogP) is 0.869. The summed E-state index contributed by atoms with van der Waals surface area (Å²) in [5, 5.41) is 2.67. The van der Waals surface area contributed by atoms with Crippen LogP contribution >= 0.6 is 0 Å². The van der Waals surface area contributed by atoms with E-state index in [0.29, 0.717) is 12.2 Å². The van der Waals surface area contributed by atoms with Crippen LogP contribution in [-0.4, -0.2) is 20.9 Å². The van der Waals surface area contributed by atoms with Gasteiger partial charge in [-0.2, -0.15) is 0 Å². The van der Waals surface area contributed by atoms with Crippen LogP contribution in [0.15, 0.2) is 23.1 Å². The maximum absolute atomic E-state index is 11.9. The summed E-state index contributed by atoms with van der Waals surface area (Å²) in [5.74, 6) is -0.101. The second-order valence-corrected chi connectivity index (χ2v) is 5.71. The molecule has 0 radical (unpaired) electrons. The molecule has 0 aromatic heterocycles. The highest BCUT2D eigenvalue weighted by atomic mass is 32.2. The lowest BCUT2D eigenvalue weighted by Gasteiger charge is -2.06. The number of nitrogens with one attached hydrogen (secondary N) is 2. The lowest BCUT2D eigenvalue weighted by atomic mass is 10.2. The Labute approximate surface area is 100 Å². The molecule has 1 amide bonds. The summed E-state index contributed by atoms with van der Waals surface area (Å²) in [6.07, 6.45) is 0.983. The van der Waals surface area contributed by atoms with Crippen molar-refractivity contribution in [1.82, 2.24) is 4.72 Å². The fourth-order valence-electron chi connectivity index (χ4n) is 1.69. The molecule has 1 aliphatic heterocycles. The highest BCUT2D eigenvalue weighted by Gasteiger charge is 2.21. The van der Waals surface area contributed by atoms with Crippen LogP contribution in [0.3, 0.4) is 0 Å². The summed E-state index contributed by atoms with van der Waals surface area (Å²) in [5.41, 5.74) is 1.43. The summed E-state index contributed by atoms with van der Waals surface area (Å²) < 4.78 is 26.2. The monoisotopic (exact) mass is 254 g/mol. The molecular formula is C11H14N2O3S. The van der Waals surface area contributed by atoms with Gasteiger partial charge in [0.25, 0.3) is 0 Å². The van der Waals surface area contributed by atoms with Crippen LogP contribution < -0.4 is 10.0 Å². The Hall–Kier alpha value is -1.40. The van der Waals surface area contributed by atoms with Crippen molar-refractivity contribution >= 4 is 21.6 Å². The molecule has 0 saturated heterocycles. The first-order valence-electron chi connectivity index (χ1n) is 5.45. The first-order chi connectivity index (χ1) is 8.03. The minimum Gasteiger partial charge on any atom is -0.326 e.